The minimum Gasteiger partial charge on any atom is -0.477 e. The third kappa shape index (κ3) is 7.06. The third-order valence-electron chi connectivity index (χ3n) is 3.55. The highest BCUT2D eigenvalue weighted by Crippen LogP contribution is 2.19. The average Bonchev–Trinajstić information content (AvgIpc) is 2.89. The lowest BCUT2D eigenvalue weighted by atomic mass is 10.0. The number of carboxylic acids is 1. The van der Waals surface area contributed by atoms with Crippen LogP contribution in [0.3, 0.4) is 0 Å². The normalized spacial score (nSPS) is 10.8. The van der Waals surface area contributed by atoms with Crippen LogP contribution in [-0.4, -0.2) is 22.8 Å². The van der Waals surface area contributed by atoms with Crippen molar-refractivity contribution >= 4 is 17.3 Å². The fourth-order valence-corrected chi connectivity index (χ4v) is 3.18. The molecule has 20 heavy (non-hydrogen) atoms. The number of hydrogen-bond donors (Lipinski definition) is 2. The highest BCUT2D eigenvalue weighted by atomic mass is 32.1. The number of thiophene rings is 1. The van der Waals surface area contributed by atoms with E-state index in [1.165, 1.54) is 49.9 Å². The minimum atomic E-state index is -0.794. The van der Waals surface area contributed by atoms with E-state index in [0.29, 0.717) is 11.5 Å². The Morgan fingerprint density at radius 2 is 1.50 bits per heavy atom. The number of hydrogen-bond acceptors (Lipinski definition) is 3. The molecule has 0 unspecified atom stereocenters. The lowest BCUT2D eigenvalue weighted by molar-refractivity contribution is 0.0701. The molecule has 4 heteroatoms. The maximum atomic E-state index is 11.0. The van der Waals surface area contributed by atoms with Crippen LogP contribution in [0.4, 0.5) is 0 Å². The SMILES string of the molecule is O=C(O)c1sccc1CCCCCCCCCCCO. The quantitative estimate of drug-likeness (QED) is 0.559. The van der Waals surface area contributed by atoms with Crippen molar-refractivity contribution in [3.63, 3.8) is 0 Å². The van der Waals surface area contributed by atoms with Crippen molar-refractivity contribution in [1.29, 1.82) is 0 Å². The van der Waals surface area contributed by atoms with Crippen LogP contribution in [0, 0.1) is 0 Å². The van der Waals surface area contributed by atoms with Gasteiger partial charge in [-0.05, 0) is 36.3 Å². The Labute approximate surface area is 125 Å². The van der Waals surface area contributed by atoms with Crippen LogP contribution in [0.25, 0.3) is 0 Å². The fourth-order valence-electron chi connectivity index (χ4n) is 2.38. The molecule has 1 heterocycles. The summed E-state index contributed by atoms with van der Waals surface area (Å²) in [4.78, 5) is 11.5. The molecule has 2 N–H and O–H groups in total. The predicted octanol–water partition coefficient (Wildman–Crippen LogP) is 4.49. The second-order valence-corrected chi connectivity index (χ2v) is 6.15. The summed E-state index contributed by atoms with van der Waals surface area (Å²) in [6.07, 6.45) is 11.5. The van der Waals surface area contributed by atoms with E-state index in [0.717, 1.165) is 31.2 Å². The van der Waals surface area contributed by atoms with Gasteiger partial charge in [0.15, 0.2) is 0 Å². The Morgan fingerprint density at radius 3 is 2.05 bits per heavy atom. The average molecular weight is 298 g/mol. The van der Waals surface area contributed by atoms with E-state index in [2.05, 4.69) is 0 Å². The van der Waals surface area contributed by atoms with Gasteiger partial charge in [0.1, 0.15) is 4.88 Å². The number of aromatic carboxylic acids is 1. The lowest BCUT2D eigenvalue weighted by Gasteiger charge is -2.02. The maximum absolute atomic E-state index is 11.0. The third-order valence-corrected chi connectivity index (χ3v) is 4.49. The van der Waals surface area contributed by atoms with Crippen molar-refractivity contribution in [2.24, 2.45) is 0 Å². The summed E-state index contributed by atoms with van der Waals surface area (Å²) in [6.45, 7) is 0.320. The molecule has 0 fully saturated rings. The standard InChI is InChI=1S/C16H26O3S/c17-12-9-7-5-3-1-2-4-6-8-10-14-11-13-20-15(14)16(18)19/h11,13,17H,1-10,12H2,(H,18,19). The Hall–Kier alpha value is -0.870. The van der Waals surface area contributed by atoms with Crippen LogP contribution >= 0.6 is 11.3 Å². The molecule has 0 amide bonds. The summed E-state index contributed by atoms with van der Waals surface area (Å²) in [5.41, 5.74) is 0.992. The molecule has 0 aliphatic rings. The molecule has 0 bridgehead atoms. The molecule has 0 atom stereocenters. The maximum Gasteiger partial charge on any atom is 0.346 e. The van der Waals surface area contributed by atoms with E-state index >= 15 is 0 Å². The summed E-state index contributed by atoms with van der Waals surface area (Å²) in [6, 6.07) is 1.94. The summed E-state index contributed by atoms with van der Waals surface area (Å²) in [5, 5.41) is 19.5. The van der Waals surface area contributed by atoms with Crippen molar-refractivity contribution in [3.05, 3.63) is 21.9 Å². The number of aliphatic hydroxyl groups is 1. The monoisotopic (exact) mass is 298 g/mol. The van der Waals surface area contributed by atoms with Crippen LogP contribution in [0.1, 0.15) is 73.0 Å². The minimum absolute atomic E-state index is 0.320. The van der Waals surface area contributed by atoms with E-state index in [1.54, 1.807) is 0 Å². The van der Waals surface area contributed by atoms with Gasteiger partial charge in [-0.1, -0.05) is 44.9 Å². The zero-order valence-electron chi connectivity index (χ0n) is 12.1. The van der Waals surface area contributed by atoms with Gasteiger partial charge in [0, 0.05) is 6.61 Å². The molecule has 0 saturated carbocycles. The highest BCUT2D eigenvalue weighted by molar-refractivity contribution is 7.12. The second-order valence-electron chi connectivity index (χ2n) is 5.24. The largest absolute Gasteiger partial charge is 0.477 e. The van der Waals surface area contributed by atoms with Crippen molar-refractivity contribution in [1.82, 2.24) is 0 Å². The Kier molecular flexibility index (Phi) is 9.33. The van der Waals surface area contributed by atoms with E-state index in [9.17, 15) is 4.79 Å². The van der Waals surface area contributed by atoms with Crippen molar-refractivity contribution < 1.29 is 15.0 Å². The van der Waals surface area contributed by atoms with Crippen LogP contribution < -0.4 is 0 Å². The van der Waals surface area contributed by atoms with Gasteiger partial charge < -0.3 is 10.2 Å². The molecule has 1 rings (SSSR count). The number of aliphatic hydroxyl groups excluding tert-OH is 1. The van der Waals surface area contributed by atoms with Crippen molar-refractivity contribution in [2.75, 3.05) is 6.61 Å². The second kappa shape index (κ2) is 10.9. The molecule has 114 valence electrons. The van der Waals surface area contributed by atoms with Gasteiger partial charge in [0.05, 0.1) is 0 Å². The molecule has 0 spiro atoms. The van der Waals surface area contributed by atoms with E-state index < -0.39 is 5.97 Å². The Morgan fingerprint density at radius 1 is 0.950 bits per heavy atom. The first-order valence-electron chi connectivity index (χ1n) is 7.66. The first-order chi connectivity index (χ1) is 9.75. The van der Waals surface area contributed by atoms with Gasteiger partial charge in [0.25, 0.3) is 0 Å². The lowest BCUT2D eigenvalue weighted by Crippen LogP contribution is -1.97. The van der Waals surface area contributed by atoms with Gasteiger partial charge >= 0.3 is 5.97 Å². The zero-order valence-corrected chi connectivity index (χ0v) is 13.0. The Balaban J connectivity index is 1.97. The summed E-state index contributed by atoms with van der Waals surface area (Å²) >= 11 is 1.32. The number of aryl methyl sites for hydroxylation is 1. The molecule has 0 saturated heterocycles. The van der Waals surface area contributed by atoms with E-state index in [1.807, 2.05) is 11.4 Å². The number of rotatable bonds is 12. The van der Waals surface area contributed by atoms with Crippen molar-refractivity contribution in [3.8, 4) is 0 Å². The number of carbonyl (C=O) groups is 1. The van der Waals surface area contributed by atoms with E-state index in [-0.39, 0.29) is 0 Å². The molecule has 3 nitrogen and oxygen atoms in total. The van der Waals surface area contributed by atoms with Crippen LogP contribution in [0.15, 0.2) is 11.4 Å². The molecular formula is C16H26O3S. The molecule has 0 aromatic carbocycles. The topological polar surface area (TPSA) is 57.5 Å². The van der Waals surface area contributed by atoms with Gasteiger partial charge in [-0.15, -0.1) is 11.3 Å². The summed E-state index contributed by atoms with van der Waals surface area (Å²) in [5.74, 6) is -0.794. The molecular weight excluding hydrogens is 272 g/mol. The molecule has 1 aromatic heterocycles. The van der Waals surface area contributed by atoms with Gasteiger partial charge in [-0.2, -0.15) is 0 Å². The zero-order chi connectivity index (χ0) is 14.6. The smallest absolute Gasteiger partial charge is 0.346 e. The summed E-state index contributed by atoms with van der Waals surface area (Å²) < 4.78 is 0. The number of unbranched alkanes of at least 4 members (excludes halogenated alkanes) is 8. The first kappa shape index (κ1) is 17.2. The van der Waals surface area contributed by atoms with Crippen LogP contribution in [0.5, 0.6) is 0 Å². The molecule has 0 aliphatic heterocycles. The highest BCUT2D eigenvalue weighted by Gasteiger charge is 2.10. The fraction of sp³-hybridized carbons (Fsp3) is 0.688. The molecule has 0 aliphatic carbocycles. The van der Waals surface area contributed by atoms with Gasteiger partial charge in [-0.25, -0.2) is 4.79 Å². The van der Waals surface area contributed by atoms with Crippen LogP contribution in [-0.2, 0) is 6.42 Å². The molecule has 0 radical (unpaired) electrons. The Bertz CT molecular complexity index is 374. The van der Waals surface area contributed by atoms with E-state index in [4.69, 9.17) is 10.2 Å². The summed E-state index contributed by atoms with van der Waals surface area (Å²) in [7, 11) is 0. The number of carboxylic acid groups (broad SMARTS) is 1. The predicted molar refractivity (Wildman–Crippen MR) is 83.6 cm³/mol. The van der Waals surface area contributed by atoms with Crippen molar-refractivity contribution in [2.45, 2.75) is 64.2 Å². The van der Waals surface area contributed by atoms with Gasteiger partial charge in [-0.3, -0.25) is 0 Å². The van der Waals surface area contributed by atoms with Crippen LogP contribution in [0.2, 0.25) is 0 Å². The first-order valence-corrected chi connectivity index (χ1v) is 8.54. The molecule has 1 aromatic rings. The van der Waals surface area contributed by atoms with Gasteiger partial charge in [0.2, 0.25) is 0 Å².